The van der Waals surface area contributed by atoms with E-state index in [0.29, 0.717) is 0 Å². The molecule has 3 amide bonds. The zero-order valence-corrected chi connectivity index (χ0v) is 13.0. The van der Waals surface area contributed by atoms with Gasteiger partial charge in [0.25, 0.3) is 5.91 Å². The first kappa shape index (κ1) is 17.5. The van der Waals surface area contributed by atoms with E-state index < -0.39 is 29.6 Å². The van der Waals surface area contributed by atoms with Crippen molar-refractivity contribution in [3.63, 3.8) is 0 Å². The fourth-order valence-electron chi connectivity index (χ4n) is 1.50. The van der Waals surface area contributed by atoms with Crippen LogP contribution in [-0.2, 0) is 9.53 Å². The Bertz CT molecular complexity index is 578. The molecule has 1 atom stereocenters. The Hall–Kier alpha value is -2.57. The number of ether oxygens (including phenoxy) is 1. The summed E-state index contributed by atoms with van der Waals surface area (Å²) in [5.41, 5.74) is -0.384. The van der Waals surface area contributed by atoms with Crippen LogP contribution in [0.3, 0.4) is 0 Å². The van der Waals surface area contributed by atoms with Crippen LogP contribution in [0.2, 0.25) is 0 Å². The van der Waals surface area contributed by atoms with Crippen LogP contribution in [0, 0.1) is 0 Å². The van der Waals surface area contributed by atoms with Gasteiger partial charge < -0.3 is 15.2 Å². The van der Waals surface area contributed by atoms with Gasteiger partial charge in [-0.2, -0.15) is 0 Å². The van der Waals surface area contributed by atoms with Crippen LogP contribution < -0.4 is 10.6 Å². The van der Waals surface area contributed by atoms with Crippen LogP contribution in [-0.4, -0.2) is 34.7 Å². The third-order valence-corrected chi connectivity index (χ3v) is 2.46. The standard InChI is InChI=1S/C15H20N2O5/c1-9(12(19)16-14(21)17-15(2,3)4)22-13(20)10-6-5-7-11(18)8-10/h5-9,18H,1-4H3,(H2,16,17,19,21). The van der Waals surface area contributed by atoms with E-state index in [9.17, 15) is 19.5 Å². The molecule has 22 heavy (non-hydrogen) atoms. The molecule has 0 saturated carbocycles. The molecule has 0 spiro atoms. The lowest BCUT2D eigenvalue weighted by atomic mass is 10.1. The quantitative estimate of drug-likeness (QED) is 0.735. The van der Waals surface area contributed by atoms with Crippen molar-refractivity contribution in [2.75, 3.05) is 0 Å². The smallest absolute Gasteiger partial charge is 0.339 e. The number of carbonyl (C=O) groups excluding carboxylic acids is 3. The van der Waals surface area contributed by atoms with Gasteiger partial charge in [0.05, 0.1) is 5.56 Å². The highest BCUT2D eigenvalue weighted by Crippen LogP contribution is 2.12. The fourth-order valence-corrected chi connectivity index (χ4v) is 1.50. The normalized spacial score (nSPS) is 12.2. The molecular formula is C15H20N2O5. The molecule has 7 nitrogen and oxygen atoms in total. The molecular weight excluding hydrogens is 288 g/mol. The van der Waals surface area contributed by atoms with Crippen molar-refractivity contribution in [2.45, 2.75) is 39.3 Å². The summed E-state index contributed by atoms with van der Waals surface area (Å²) in [7, 11) is 0. The lowest BCUT2D eigenvalue weighted by Crippen LogP contribution is -2.50. The molecule has 1 unspecified atom stereocenters. The SMILES string of the molecule is CC(OC(=O)c1cccc(O)c1)C(=O)NC(=O)NC(C)(C)C. The Morgan fingerprint density at radius 1 is 1.23 bits per heavy atom. The molecule has 0 saturated heterocycles. The Balaban J connectivity index is 2.57. The lowest BCUT2D eigenvalue weighted by Gasteiger charge is -2.21. The van der Waals surface area contributed by atoms with Crippen molar-refractivity contribution in [2.24, 2.45) is 0 Å². The van der Waals surface area contributed by atoms with Gasteiger partial charge in [-0.05, 0) is 45.9 Å². The Labute approximate surface area is 128 Å². The van der Waals surface area contributed by atoms with Crippen LogP contribution >= 0.6 is 0 Å². The summed E-state index contributed by atoms with van der Waals surface area (Å²) in [5, 5.41) is 13.9. The topological polar surface area (TPSA) is 105 Å². The van der Waals surface area contributed by atoms with Crippen molar-refractivity contribution < 1.29 is 24.2 Å². The average Bonchev–Trinajstić information content (AvgIpc) is 2.36. The van der Waals surface area contributed by atoms with Gasteiger partial charge in [-0.1, -0.05) is 6.07 Å². The third kappa shape index (κ3) is 5.82. The molecule has 0 heterocycles. The monoisotopic (exact) mass is 308 g/mol. The minimum Gasteiger partial charge on any atom is -0.508 e. The van der Waals surface area contributed by atoms with E-state index in [4.69, 9.17) is 4.74 Å². The molecule has 7 heteroatoms. The van der Waals surface area contributed by atoms with Crippen LogP contribution in [0.1, 0.15) is 38.1 Å². The number of benzene rings is 1. The van der Waals surface area contributed by atoms with E-state index in [0.717, 1.165) is 0 Å². The first-order valence-electron chi connectivity index (χ1n) is 6.71. The number of phenols is 1. The molecule has 0 aliphatic heterocycles. The van der Waals surface area contributed by atoms with Crippen LogP contribution in [0.25, 0.3) is 0 Å². The Morgan fingerprint density at radius 3 is 2.41 bits per heavy atom. The molecule has 0 radical (unpaired) electrons. The van der Waals surface area contributed by atoms with Gasteiger partial charge >= 0.3 is 12.0 Å². The second kappa shape index (κ2) is 6.93. The van der Waals surface area contributed by atoms with E-state index in [1.54, 1.807) is 20.8 Å². The number of hydrogen-bond acceptors (Lipinski definition) is 5. The first-order chi connectivity index (χ1) is 10.1. The van der Waals surface area contributed by atoms with Crippen molar-refractivity contribution in [1.82, 2.24) is 10.6 Å². The number of amides is 3. The lowest BCUT2D eigenvalue weighted by molar-refractivity contribution is -0.127. The largest absolute Gasteiger partial charge is 0.508 e. The van der Waals surface area contributed by atoms with Crippen molar-refractivity contribution >= 4 is 17.9 Å². The van der Waals surface area contributed by atoms with E-state index in [2.05, 4.69) is 10.6 Å². The number of imide groups is 1. The third-order valence-electron chi connectivity index (χ3n) is 2.46. The van der Waals surface area contributed by atoms with Crippen molar-refractivity contribution in [3.05, 3.63) is 29.8 Å². The van der Waals surface area contributed by atoms with Crippen LogP contribution in [0.4, 0.5) is 4.79 Å². The minimum absolute atomic E-state index is 0.0869. The number of phenolic OH excluding ortho intramolecular Hbond substituents is 1. The van der Waals surface area contributed by atoms with Gasteiger partial charge in [0, 0.05) is 5.54 Å². The molecule has 1 aromatic carbocycles. The molecule has 0 aliphatic rings. The van der Waals surface area contributed by atoms with Gasteiger partial charge in [-0.15, -0.1) is 0 Å². The van der Waals surface area contributed by atoms with Crippen LogP contribution in [0.15, 0.2) is 24.3 Å². The molecule has 1 aromatic rings. The van der Waals surface area contributed by atoms with Gasteiger partial charge in [0.1, 0.15) is 5.75 Å². The Morgan fingerprint density at radius 2 is 1.86 bits per heavy atom. The zero-order valence-electron chi connectivity index (χ0n) is 13.0. The maximum atomic E-state index is 11.8. The van der Waals surface area contributed by atoms with Crippen LogP contribution in [0.5, 0.6) is 5.75 Å². The van der Waals surface area contributed by atoms with Crippen molar-refractivity contribution in [3.8, 4) is 5.75 Å². The average molecular weight is 308 g/mol. The Kier molecular flexibility index (Phi) is 5.50. The first-order valence-corrected chi connectivity index (χ1v) is 6.71. The summed E-state index contributed by atoms with van der Waals surface area (Å²) >= 11 is 0. The predicted molar refractivity (Wildman–Crippen MR) is 79.4 cm³/mol. The number of rotatable bonds is 3. The number of esters is 1. The fraction of sp³-hybridized carbons (Fsp3) is 0.400. The van der Waals surface area contributed by atoms with E-state index >= 15 is 0 Å². The number of aromatic hydroxyl groups is 1. The van der Waals surface area contributed by atoms with E-state index in [1.807, 2.05) is 0 Å². The number of urea groups is 1. The number of hydrogen-bond donors (Lipinski definition) is 3. The summed E-state index contributed by atoms with van der Waals surface area (Å²) < 4.78 is 4.94. The molecule has 0 bridgehead atoms. The van der Waals surface area contributed by atoms with E-state index in [-0.39, 0.29) is 11.3 Å². The summed E-state index contributed by atoms with van der Waals surface area (Å²) in [6.45, 7) is 6.65. The minimum atomic E-state index is -1.15. The van der Waals surface area contributed by atoms with Gasteiger partial charge in [0.2, 0.25) is 0 Å². The molecule has 1 rings (SSSR count). The molecule has 3 N–H and O–H groups in total. The summed E-state index contributed by atoms with van der Waals surface area (Å²) in [4.78, 5) is 35.1. The van der Waals surface area contributed by atoms with E-state index in [1.165, 1.54) is 31.2 Å². The maximum Gasteiger partial charge on any atom is 0.339 e. The zero-order chi connectivity index (χ0) is 16.9. The highest BCUT2D eigenvalue weighted by atomic mass is 16.5. The van der Waals surface area contributed by atoms with Gasteiger partial charge in [-0.3, -0.25) is 10.1 Å². The second-order valence-electron chi connectivity index (χ2n) is 5.79. The second-order valence-corrected chi connectivity index (χ2v) is 5.79. The number of carbonyl (C=O) groups is 3. The highest BCUT2D eigenvalue weighted by Gasteiger charge is 2.22. The maximum absolute atomic E-state index is 11.8. The molecule has 0 aliphatic carbocycles. The molecule has 0 fully saturated rings. The number of nitrogens with one attached hydrogen (secondary N) is 2. The van der Waals surface area contributed by atoms with Gasteiger partial charge in [0.15, 0.2) is 6.10 Å². The molecule has 120 valence electrons. The summed E-state index contributed by atoms with van der Waals surface area (Å²) in [6, 6.07) is 4.88. The molecule has 0 aromatic heterocycles. The van der Waals surface area contributed by atoms with Gasteiger partial charge in [-0.25, -0.2) is 9.59 Å². The summed E-state index contributed by atoms with van der Waals surface area (Å²) in [6.07, 6.45) is -1.15. The highest BCUT2D eigenvalue weighted by molar-refractivity contribution is 5.98. The predicted octanol–water partition coefficient (Wildman–Crippen LogP) is 1.56. The van der Waals surface area contributed by atoms with Crippen molar-refractivity contribution in [1.29, 1.82) is 0 Å². The summed E-state index contributed by atoms with van der Waals surface area (Å²) in [5.74, 6) is -1.60.